The smallest absolute Gasteiger partial charge is 0.138 e. The van der Waals surface area contributed by atoms with Crippen LogP contribution >= 0.6 is 11.6 Å². The molecule has 1 N–H and O–H groups in total. The fraction of sp³-hybridized carbons (Fsp3) is 0.412. The van der Waals surface area contributed by atoms with Crippen LogP contribution in [0.1, 0.15) is 43.6 Å². The van der Waals surface area contributed by atoms with Crippen molar-refractivity contribution in [3.63, 3.8) is 0 Å². The molecule has 2 rings (SSSR count). The zero-order chi connectivity index (χ0) is 15.2. The Bertz CT molecular complexity index is 594. The van der Waals surface area contributed by atoms with Crippen LogP contribution in [-0.4, -0.2) is 9.97 Å². The third kappa shape index (κ3) is 4.18. The van der Waals surface area contributed by atoms with Crippen LogP contribution in [0.15, 0.2) is 24.3 Å². The highest BCUT2D eigenvalue weighted by Gasteiger charge is 2.09. The van der Waals surface area contributed by atoms with E-state index in [0.29, 0.717) is 5.15 Å². The SMILES string of the molecule is CCCc1ccc(Nc2nc(CCC)nc(Cl)c2C)cc1. The Kier molecular flexibility index (Phi) is 5.57. The summed E-state index contributed by atoms with van der Waals surface area (Å²) in [6.45, 7) is 6.23. The van der Waals surface area contributed by atoms with E-state index < -0.39 is 0 Å². The Morgan fingerprint density at radius 2 is 1.67 bits per heavy atom. The van der Waals surface area contributed by atoms with E-state index in [9.17, 15) is 0 Å². The summed E-state index contributed by atoms with van der Waals surface area (Å²) in [6, 6.07) is 8.47. The molecule has 2 aromatic rings. The van der Waals surface area contributed by atoms with Crippen molar-refractivity contribution >= 4 is 23.1 Å². The molecule has 1 heterocycles. The molecule has 21 heavy (non-hydrogen) atoms. The van der Waals surface area contributed by atoms with Gasteiger partial charge in [0.1, 0.15) is 16.8 Å². The minimum Gasteiger partial charge on any atom is -0.340 e. The third-order valence-electron chi connectivity index (χ3n) is 3.36. The lowest BCUT2D eigenvalue weighted by Crippen LogP contribution is -2.03. The van der Waals surface area contributed by atoms with Gasteiger partial charge in [-0.25, -0.2) is 9.97 Å². The summed E-state index contributed by atoms with van der Waals surface area (Å²) in [4.78, 5) is 8.89. The maximum atomic E-state index is 6.20. The van der Waals surface area contributed by atoms with E-state index in [1.165, 1.54) is 5.56 Å². The van der Waals surface area contributed by atoms with Gasteiger partial charge in [-0.05, 0) is 37.5 Å². The van der Waals surface area contributed by atoms with Crippen LogP contribution in [0.25, 0.3) is 0 Å². The molecule has 0 spiro atoms. The topological polar surface area (TPSA) is 37.8 Å². The second kappa shape index (κ2) is 7.41. The van der Waals surface area contributed by atoms with Gasteiger partial charge in [0.25, 0.3) is 0 Å². The van der Waals surface area contributed by atoms with Crippen LogP contribution in [0.3, 0.4) is 0 Å². The van der Waals surface area contributed by atoms with E-state index in [1.807, 2.05) is 6.92 Å². The van der Waals surface area contributed by atoms with Crippen LogP contribution in [0.5, 0.6) is 0 Å². The molecule has 3 nitrogen and oxygen atoms in total. The first kappa shape index (κ1) is 15.8. The van der Waals surface area contributed by atoms with Crippen molar-refractivity contribution in [2.24, 2.45) is 0 Å². The Labute approximate surface area is 131 Å². The maximum Gasteiger partial charge on any atom is 0.138 e. The van der Waals surface area contributed by atoms with Crippen LogP contribution in [-0.2, 0) is 12.8 Å². The quantitative estimate of drug-likeness (QED) is 0.756. The van der Waals surface area contributed by atoms with Gasteiger partial charge in [-0.15, -0.1) is 0 Å². The molecule has 0 atom stereocenters. The zero-order valence-electron chi connectivity index (χ0n) is 12.9. The average Bonchev–Trinajstić information content (AvgIpc) is 2.47. The largest absolute Gasteiger partial charge is 0.340 e. The Morgan fingerprint density at radius 1 is 1.00 bits per heavy atom. The highest BCUT2D eigenvalue weighted by molar-refractivity contribution is 6.30. The number of aryl methyl sites for hydroxylation is 2. The van der Waals surface area contributed by atoms with Crippen molar-refractivity contribution < 1.29 is 0 Å². The van der Waals surface area contributed by atoms with Crippen LogP contribution < -0.4 is 5.32 Å². The fourth-order valence-electron chi connectivity index (χ4n) is 2.17. The van der Waals surface area contributed by atoms with E-state index in [2.05, 4.69) is 53.4 Å². The molecule has 0 saturated carbocycles. The fourth-order valence-corrected chi connectivity index (χ4v) is 2.36. The molecule has 1 aromatic heterocycles. The standard InChI is InChI=1S/C17H22ClN3/c1-4-6-13-8-10-14(11-9-13)19-17-12(3)16(18)20-15(21-17)7-5-2/h8-11H,4-7H2,1-3H3,(H,19,20,21). The van der Waals surface area contributed by atoms with Crippen molar-refractivity contribution in [1.82, 2.24) is 9.97 Å². The lowest BCUT2D eigenvalue weighted by Gasteiger charge is -2.11. The second-order valence-corrected chi connectivity index (χ2v) is 5.58. The van der Waals surface area contributed by atoms with E-state index in [-0.39, 0.29) is 0 Å². The number of aromatic nitrogens is 2. The summed E-state index contributed by atoms with van der Waals surface area (Å²) in [7, 11) is 0. The summed E-state index contributed by atoms with van der Waals surface area (Å²) in [5, 5.41) is 3.87. The molecule has 0 amide bonds. The molecule has 0 saturated heterocycles. The predicted molar refractivity (Wildman–Crippen MR) is 89.5 cm³/mol. The Morgan fingerprint density at radius 3 is 2.29 bits per heavy atom. The van der Waals surface area contributed by atoms with Crippen molar-refractivity contribution in [3.05, 3.63) is 46.4 Å². The molecule has 112 valence electrons. The summed E-state index contributed by atoms with van der Waals surface area (Å²) in [5.41, 5.74) is 3.26. The molecule has 4 heteroatoms. The first-order chi connectivity index (χ1) is 10.1. The summed E-state index contributed by atoms with van der Waals surface area (Å²) < 4.78 is 0. The number of benzene rings is 1. The van der Waals surface area contributed by atoms with Gasteiger partial charge in [0.2, 0.25) is 0 Å². The highest BCUT2D eigenvalue weighted by atomic mass is 35.5. The molecule has 0 fully saturated rings. The number of anilines is 2. The van der Waals surface area contributed by atoms with E-state index in [4.69, 9.17) is 11.6 Å². The Balaban J connectivity index is 2.21. The first-order valence-corrected chi connectivity index (χ1v) is 7.90. The molecule has 0 aliphatic carbocycles. The predicted octanol–water partition coefficient (Wildman–Crippen LogP) is 5.09. The van der Waals surface area contributed by atoms with Gasteiger partial charge in [0.15, 0.2) is 0 Å². The van der Waals surface area contributed by atoms with Gasteiger partial charge in [-0.3, -0.25) is 0 Å². The van der Waals surface area contributed by atoms with Gasteiger partial charge in [-0.2, -0.15) is 0 Å². The van der Waals surface area contributed by atoms with E-state index in [0.717, 1.165) is 48.6 Å². The monoisotopic (exact) mass is 303 g/mol. The molecule has 0 radical (unpaired) electrons. The van der Waals surface area contributed by atoms with Gasteiger partial charge in [0.05, 0.1) is 0 Å². The third-order valence-corrected chi connectivity index (χ3v) is 3.73. The molecule has 0 unspecified atom stereocenters. The normalized spacial score (nSPS) is 10.7. The highest BCUT2D eigenvalue weighted by Crippen LogP contribution is 2.24. The molecule has 0 bridgehead atoms. The number of hydrogen-bond acceptors (Lipinski definition) is 3. The van der Waals surface area contributed by atoms with Crippen molar-refractivity contribution in [2.75, 3.05) is 5.32 Å². The van der Waals surface area contributed by atoms with Crippen molar-refractivity contribution in [1.29, 1.82) is 0 Å². The summed E-state index contributed by atoms with van der Waals surface area (Å²) in [5.74, 6) is 1.58. The molecule has 1 aromatic carbocycles. The molecule has 0 aliphatic heterocycles. The van der Waals surface area contributed by atoms with Crippen molar-refractivity contribution in [2.45, 2.75) is 46.5 Å². The number of nitrogens with one attached hydrogen (secondary N) is 1. The number of rotatable bonds is 6. The van der Waals surface area contributed by atoms with Gasteiger partial charge in [-0.1, -0.05) is 44.0 Å². The molecular weight excluding hydrogens is 282 g/mol. The first-order valence-electron chi connectivity index (χ1n) is 7.53. The van der Waals surface area contributed by atoms with Crippen LogP contribution in [0, 0.1) is 6.92 Å². The van der Waals surface area contributed by atoms with Crippen molar-refractivity contribution in [3.8, 4) is 0 Å². The summed E-state index contributed by atoms with van der Waals surface area (Å²) >= 11 is 6.20. The molecular formula is C17H22ClN3. The maximum absolute atomic E-state index is 6.20. The van der Waals surface area contributed by atoms with Crippen LogP contribution in [0.4, 0.5) is 11.5 Å². The Hall–Kier alpha value is -1.61. The van der Waals surface area contributed by atoms with Gasteiger partial charge in [0, 0.05) is 17.7 Å². The van der Waals surface area contributed by atoms with Gasteiger partial charge < -0.3 is 5.32 Å². The van der Waals surface area contributed by atoms with Crippen LogP contribution in [0.2, 0.25) is 5.15 Å². The zero-order valence-corrected chi connectivity index (χ0v) is 13.7. The average molecular weight is 304 g/mol. The minimum atomic E-state index is 0.526. The molecule has 0 aliphatic rings. The van der Waals surface area contributed by atoms with Gasteiger partial charge >= 0.3 is 0 Å². The van der Waals surface area contributed by atoms with E-state index >= 15 is 0 Å². The summed E-state index contributed by atoms with van der Waals surface area (Å²) in [6.07, 6.45) is 4.11. The lowest BCUT2D eigenvalue weighted by molar-refractivity contribution is 0.833. The number of halogens is 1. The second-order valence-electron chi connectivity index (χ2n) is 5.23. The number of nitrogens with zero attached hydrogens (tertiary/aromatic N) is 2. The lowest BCUT2D eigenvalue weighted by atomic mass is 10.1. The minimum absolute atomic E-state index is 0.526. The number of hydrogen-bond donors (Lipinski definition) is 1. The van der Waals surface area contributed by atoms with E-state index in [1.54, 1.807) is 0 Å².